The van der Waals surface area contributed by atoms with Crippen LogP contribution in [0.2, 0.25) is 0 Å². The Kier molecular flexibility index (Phi) is 5.97. The van der Waals surface area contributed by atoms with Gasteiger partial charge in [-0.25, -0.2) is 0 Å². The predicted octanol–water partition coefficient (Wildman–Crippen LogP) is 3.24. The third-order valence-electron chi connectivity index (χ3n) is 6.10. The van der Waals surface area contributed by atoms with E-state index in [9.17, 15) is 4.79 Å². The summed E-state index contributed by atoms with van der Waals surface area (Å²) in [5.74, 6) is 0.727. The fourth-order valence-electron chi connectivity index (χ4n) is 4.46. The Labute approximate surface area is 167 Å². The maximum Gasteiger partial charge on any atom is 0.272 e. The third kappa shape index (κ3) is 4.23. The summed E-state index contributed by atoms with van der Waals surface area (Å²) in [4.78, 5) is 15.5. The molecule has 0 radical (unpaired) electrons. The normalized spacial score (nSPS) is 20.1. The molecule has 2 fully saturated rings. The lowest BCUT2D eigenvalue weighted by molar-refractivity contribution is 0.0477. The van der Waals surface area contributed by atoms with E-state index in [1.807, 2.05) is 28.9 Å². The number of ether oxygens (including phenoxy) is 1. The molecule has 1 aromatic carbocycles. The number of hydrogen-bond donors (Lipinski definition) is 1. The van der Waals surface area contributed by atoms with E-state index in [0.29, 0.717) is 5.69 Å². The van der Waals surface area contributed by atoms with Crippen LogP contribution in [0.25, 0.3) is 10.9 Å². The Hall–Kier alpha value is -1.92. The van der Waals surface area contributed by atoms with Gasteiger partial charge in [0.2, 0.25) is 0 Å². The summed E-state index contributed by atoms with van der Waals surface area (Å²) in [6.07, 6.45) is 4.39. The topological polar surface area (TPSA) is 59.4 Å². The fraction of sp³-hybridized carbons (Fsp3) is 0.636. The summed E-state index contributed by atoms with van der Waals surface area (Å²) in [6.45, 7) is 9.30. The average Bonchev–Trinajstić information content (AvgIpc) is 3.10. The van der Waals surface area contributed by atoms with E-state index >= 15 is 0 Å². The quantitative estimate of drug-likeness (QED) is 0.860. The monoisotopic (exact) mass is 384 g/mol. The minimum Gasteiger partial charge on any atom is -0.381 e. The second kappa shape index (κ2) is 8.62. The molecule has 2 aromatic rings. The minimum absolute atomic E-state index is 0.0431. The van der Waals surface area contributed by atoms with Crippen LogP contribution in [0.1, 0.15) is 56.1 Å². The molecule has 6 heteroatoms. The molecule has 4 rings (SSSR count). The van der Waals surface area contributed by atoms with Gasteiger partial charge in [0, 0.05) is 50.3 Å². The molecule has 0 aliphatic carbocycles. The first-order valence-electron chi connectivity index (χ1n) is 10.7. The van der Waals surface area contributed by atoms with Crippen LogP contribution < -0.4 is 5.32 Å². The number of carbonyl (C=O) groups is 1. The number of rotatable bonds is 5. The van der Waals surface area contributed by atoms with E-state index in [1.165, 1.54) is 19.4 Å². The lowest BCUT2D eigenvalue weighted by atomic mass is 9.97. The number of nitrogens with zero attached hydrogens (tertiary/aromatic N) is 3. The Balaban J connectivity index is 1.35. The molecule has 0 unspecified atom stereocenters. The predicted molar refractivity (Wildman–Crippen MR) is 111 cm³/mol. The molecule has 0 saturated carbocycles. The van der Waals surface area contributed by atoms with Crippen molar-refractivity contribution < 1.29 is 9.53 Å². The van der Waals surface area contributed by atoms with Gasteiger partial charge >= 0.3 is 0 Å². The maximum absolute atomic E-state index is 12.9. The summed E-state index contributed by atoms with van der Waals surface area (Å²) in [5, 5.41) is 8.81. The zero-order valence-corrected chi connectivity index (χ0v) is 17.1. The number of carbonyl (C=O) groups excluding carboxylic acids is 1. The highest BCUT2D eigenvalue weighted by Gasteiger charge is 2.26. The number of benzene rings is 1. The van der Waals surface area contributed by atoms with Crippen LogP contribution in [0.3, 0.4) is 0 Å². The molecule has 1 aromatic heterocycles. The van der Waals surface area contributed by atoms with Gasteiger partial charge in [-0.1, -0.05) is 18.2 Å². The van der Waals surface area contributed by atoms with Gasteiger partial charge < -0.3 is 15.0 Å². The molecule has 3 heterocycles. The lowest BCUT2D eigenvalue weighted by Gasteiger charge is -2.35. The van der Waals surface area contributed by atoms with Crippen molar-refractivity contribution >= 4 is 16.8 Å². The van der Waals surface area contributed by atoms with Crippen LogP contribution in [0, 0.1) is 5.92 Å². The number of likely N-dealkylation sites (tertiary alicyclic amines) is 1. The van der Waals surface area contributed by atoms with Gasteiger partial charge in [0.1, 0.15) is 0 Å². The molecule has 2 saturated heterocycles. The summed E-state index contributed by atoms with van der Waals surface area (Å²) in [7, 11) is 0. The summed E-state index contributed by atoms with van der Waals surface area (Å²) in [5.41, 5.74) is 1.57. The Morgan fingerprint density at radius 2 is 1.89 bits per heavy atom. The van der Waals surface area contributed by atoms with Crippen molar-refractivity contribution in [2.75, 3.05) is 32.8 Å². The number of para-hydroxylation sites is 1. The zero-order chi connectivity index (χ0) is 19.5. The van der Waals surface area contributed by atoms with E-state index in [4.69, 9.17) is 4.74 Å². The van der Waals surface area contributed by atoms with Crippen molar-refractivity contribution in [1.29, 1.82) is 0 Å². The van der Waals surface area contributed by atoms with Crippen LogP contribution in [0.15, 0.2) is 24.3 Å². The van der Waals surface area contributed by atoms with Crippen molar-refractivity contribution in [2.24, 2.45) is 5.92 Å². The van der Waals surface area contributed by atoms with Crippen molar-refractivity contribution in [3.63, 3.8) is 0 Å². The van der Waals surface area contributed by atoms with Crippen molar-refractivity contribution in [2.45, 2.75) is 51.6 Å². The Morgan fingerprint density at radius 1 is 1.18 bits per heavy atom. The molecular weight excluding hydrogens is 352 g/mol. The van der Waals surface area contributed by atoms with Crippen molar-refractivity contribution in [3.8, 4) is 0 Å². The number of amides is 1. The molecule has 1 amide bonds. The molecule has 0 spiro atoms. The van der Waals surface area contributed by atoms with Gasteiger partial charge in [-0.15, -0.1) is 0 Å². The third-order valence-corrected chi connectivity index (χ3v) is 6.10. The summed E-state index contributed by atoms with van der Waals surface area (Å²) in [6, 6.07) is 8.46. The van der Waals surface area contributed by atoms with Crippen molar-refractivity contribution in [3.05, 3.63) is 30.0 Å². The van der Waals surface area contributed by atoms with Gasteiger partial charge in [-0.3, -0.25) is 9.48 Å². The largest absolute Gasteiger partial charge is 0.381 e. The highest BCUT2D eigenvalue weighted by molar-refractivity contribution is 6.05. The van der Waals surface area contributed by atoms with Crippen LogP contribution >= 0.6 is 0 Å². The van der Waals surface area contributed by atoms with Crippen LogP contribution in [-0.4, -0.2) is 59.5 Å². The number of fused-ring (bicyclic) bond motifs is 1. The molecule has 6 nitrogen and oxygen atoms in total. The molecule has 152 valence electrons. The lowest BCUT2D eigenvalue weighted by Crippen LogP contribution is -2.46. The summed E-state index contributed by atoms with van der Waals surface area (Å²) < 4.78 is 7.41. The van der Waals surface area contributed by atoms with E-state index < -0.39 is 0 Å². The van der Waals surface area contributed by atoms with E-state index in [0.717, 1.165) is 56.0 Å². The van der Waals surface area contributed by atoms with Gasteiger partial charge in [-0.2, -0.15) is 5.10 Å². The van der Waals surface area contributed by atoms with Gasteiger partial charge in [-0.05, 0) is 51.5 Å². The smallest absolute Gasteiger partial charge is 0.272 e. The maximum atomic E-state index is 12.9. The highest BCUT2D eigenvalue weighted by Crippen LogP contribution is 2.23. The first kappa shape index (κ1) is 19.4. The molecule has 0 atom stereocenters. The second-order valence-electron chi connectivity index (χ2n) is 8.51. The van der Waals surface area contributed by atoms with E-state index in [-0.39, 0.29) is 18.0 Å². The average molecular weight is 385 g/mol. The second-order valence-corrected chi connectivity index (χ2v) is 8.51. The van der Waals surface area contributed by atoms with Gasteiger partial charge in [0.05, 0.1) is 5.52 Å². The number of aromatic nitrogens is 2. The standard InChI is InChI=1S/C22H32N4O2/c1-16(2)26-20-6-4-3-5-19(20)21(24-26)22(27)23-18-7-11-25(12-8-18)15-17-9-13-28-14-10-17/h3-6,16-18H,7-15H2,1-2H3,(H,23,27). The van der Waals surface area contributed by atoms with E-state index in [1.54, 1.807) is 0 Å². The Bertz CT molecular complexity index is 802. The molecular formula is C22H32N4O2. The summed E-state index contributed by atoms with van der Waals surface area (Å²) >= 11 is 0. The van der Waals surface area contributed by atoms with Crippen LogP contribution in [-0.2, 0) is 4.74 Å². The number of piperidine rings is 1. The highest BCUT2D eigenvalue weighted by atomic mass is 16.5. The van der Waals surface area contributed by atoms with Gasteiger partial charge in [0.25, 0.3) is 5.91 Å². The fourth-order valence-corrected chi connectivity index (χ4v) is 4.46. The molecule has 2 aliphatic heterocycles. The molecule has 2 aliphatic rings. The van der Waals surface area contributed by atoms with Crippen LogP contribution in [0.4, 0.5) is 0 Å². The van der Waals surface area contributed by atoms with E-state index in [2.05, 4.69) is 29.2 Å². The minimum atomic E-state index is -0.0431. The first-order chi connectivity index (χ1) is 13.6. The SMILES string of the molecule is CC(C)n1nc(C(=O)NC2CCN(CC3CCOCC3)CC2)c2ccccc21. The molecule has 0 bridgehead atoms. The molecule has 28 heavy (non-hydrogen) atoms. The number of nitrogens with one attached hydrogen (secondary N) is 1. The molecule has 1 N–H and O–H groups in total. The first-order valence-corrected chi connectivity index (χ1v) is 10.7. The Morgan fingerprint density at radius 3 is 2.61 bits per heavy atom. The zero-order valence-electron chi connectivity index (χ0n) is 17.1. The van der Waals surface area contributed by atoms with Gasteiger partial charge in [0.15, 0.2) is 5.69 Å². The van der Waals surface area contributed by atoms with Crippen molar-refractivity contribution in [1.82, 2.24) is 20.0 Å². The van der Waals surface area contributed by atoms with Crippen LogP contribution in [0.5, 0.6) is 0 Å². The number of hydrogen-bond acceptors (Lipinski definition) is 4.